The summed E-state index contributed by atoms with van der Waals surface area (Å²) in [7, 11) is 0. The molecule has 9 nitrogen and oxygen atoms in total. The highest BCUT2D eigenvalue weighted by Gasteiger charge is 2.27. The molecule has 0 spiro atoms. The van der Waals surface area contributed by atoms with Crippen LogP contribution < -0.4 is 20.3 Å². The van der Waals surface area contributed by atoms with Gasteiger partial charge in [0.1, 0.15) is 21.9 Å². The van der Waals surface area contributed by atoms with Gasteiger partial charge in [0.25, 0.3) is 0 Å². The number of pyridine rings is 2. The van der Waals surface area contributed by atoms with Gasteiger partial charge in [0, 0.05) is 24.7 Å². The fraction of sp³-hybridized carbons (Fsp3) is 0.233. The summed E-state index contributed by atoms with van der Waals surface area (Å²) in [5.41, 5.74) is 2.01. The van der Waals surface area contributed by atoms with Crippen molar-refractivity contribution in [2.24, 2.45) is 5.92 Å². The number of hydrogen-bond acceptors (Lipinski definition) is 8. The second-order valence-electron chi connectivity index (χ2n) is 9.98. The number of benzene rings is 1. The number of para-hydroxylation sites is 1. The van der Waals surface area contributed by atoms with Crippen molar-refractivity contribution in [2.45, 2.75) is 38.6 Å². The lowest BCUT2D eigenvalue weighted by molar-refractivity contribution is -0.117. The van der Waals surface area contributed by atoms with Crippen molar-refractivity contribution in [3.8, 4) is 17.3 Å². The van der Waals surface area contributed by atoms with E-state index in [1.54, 1.807) is 24.5 Å². The van der Waals surface area contributed by atoms with Gasteiger partial charge in [-0.15, -0.1) is 11.3 Å². The third kappa shape index (κ3) is 4.82. The largest absolute Gasteiger partial charge is 0.511 e. The van der Waals surface area contributed by atoms with Crippen molar-refractivity contribution in [2.75, 3.05) is 0 Å². The molecule has 202 valence electrons. The molecule has 4 aromatic heterocycles. The number of nitrogens with zero attached hydrogens (tertiary/aromatic N) is 4. The summed E-state index contributed by atoms with van der Waals surface area (Å²) in [5, 5.41) is 14.8. The average molecular weight is 554 g/mol. The molecular formula is C30H27N5O4S. The molecule has 2 N–H and O–H groups in total. The number of carbonyl (C=O) groups is 1. The molecule has 40 heavy (non-hydrogen) atoms. The van der Waals surface area contributed by atoms with E-state index in [9.17, 15) is 14.7 Å². The topological polar surface area (TPSA) is 119 Å². The first-order valence-corrected chi connectivity index (χ1v) is 13.9. The molecule has 1 aromatic carbocycles. The summed E-state index contributed by atoms with van der Waals surface area (Å²) in [6.07, 6.45) is 7.48. The Hall–Kier alpha value is -4.57. The van der Waals surface area contributed by atoms with E-state index in [-0.39, 0.29) is 23.6 Å². The van der Waals surface area contributed by atoms with Crippen LogP contribution in [0, 0.1) is 12.8 Å². The van der Waals surface area contributed by atoms with Crippen LogP contribution in [0.25, 0.3) is 32.7 Å². The maximum absolute atomic E-state index is 13.5. The number of hydrogen-bond donors (Lipinski definition) is 2. The lowest BCUT2D eigenvalue weighted by atomic mass is 10.0. The standard InChI is InChI=1S/C30H27N5O4S/c1-3-24(37)33-19-10-9-18(14-19)15-23(36)28-27-26-21(11-12-31-29(26)40-28)35(30(38)34-27)22-16-32-25(13-17(22)2)39-20-7-5-4-6-8-20/h3-8,11-13,16,18-19,36H,1,9-10,14-15H2,2H3,(H,33,37)/t18-,19-/m1/s1. The number of thiophene rings is 1. The van der Waals surface area contributed by atoms with E-state index < -0.39 is 5.69 Å². The summed E-state index contributed by atoms with van der Waals surface area (Å²) in [5.74, 6) is 1.31. The Morgan fingerprint density at radius 1 is 1.25 bits per heavy atom. The highest BCUT2D eigenvalue weighted by atomic mass is 32.1. The van der Waals surface area contributed by atoms with Crippen LogP contribution in [0.1, 0.15) is 31.2 Å². The number of aliphatic hydroxyl groups excluding tert-OH is 1. The zero-order chi connectivity index (χ0) is 27.8. The van der Waals surface area contributed by atoms with Crippen LogP contribution in [0.5, 0.6) is 11.6 Å². The highest BCUT2D eigenvalue weighted by Crippen LogP contribution is 2.32. The molecular weight excluding hydrogens is 526 g/mol. The van der Waals surface area contributed by atoms with Crippen LogP contribution in [0.4, 0.5) is 0 Å². The molecule has 0 bridgehead atoms. The lowest BCUT2D eigenvalue weighted by Crippen LogP contribution is -2.31. The van der Waals surface area contributed by atoms with Gasteiger partial charge in [-0.1, -0.05) is 24.8 Å². The van der Waals surface area contributed by atoms with E-state index in [0.29, 0.717) is 44.1 Å². The Labute approximate surface area is 233 Å². The predicted octanol–water partition coefficient (Wildman–Crippen LogP) is 4.74. The predicted molar refractivity (Wildman–Crippen MR) is 155 cm³/mol. The summed E-state index contributed by atoms with van der Waals surface area (Å²) < 4.78 is 7.94. The van der Waals surface area contributed by atoms with Crippen LogP contribution >= 0.6 is 11.3 Å². The quantitative estimate of drug-likeness (QED) is 0.280. The van der Waals surface area contributed by atoms with Gasteiger partial charge in [0.15, 0.2) is 0 Å². The van der Waals surface area contributed by atoms with E-state index in [1.165, 1.54) is 22.0 Å². The third-order valence-electron chi connectivity index (χ3n) is 7.27. The SMILES string of the molecule is C=CC(=O)N[C@@H]1CC[C@@H](CC(O)=c2sc3nccc4c3c2nc(=O)n4-c2cnc(Oc3ccccc3)cc2C)C1. The number of amides is 1. The second kappa shape index (κ2) is 10.5. The zero-order valence-electron chi connectivity index (χ0n) is 21.8. The van der Waals surface area contributed by atoms with E-state index in [2.05, 4.69) is 26.8 Å². The van der Waals surface area contributed by atoms with Crippen LogP contribution in [0.3, 0.4) is 0 Å². The molecule has 1 aliphatic carbocycles. The van der Waals surface area contributed by atoms with Gasteiger partial charge in [-0.2, -0.15) is 4.98 Å². The van der Waals surface area contributed by atoms with Crippen LogP contribution in [-0.2, 0) is 4.79 Å². The first-order chi connectivity index (χ1) is 19.4. The molecule has 4 heterocycles. The van der Waals surface area contributed by atoms with Gasteiger partial charge < -0.3 is 15.2 Å². The minimum Gasteiger partial charge on any atom is -0.511 e. The summed E-state index contributed by atoms with van der Waals surface area (Å²) in [6, 6.07) is 13.0. The average Bonchev–Trinajstić information content (AvgIpc) is 3.55. The fourth-order valence-corrected chi connectivity index (χ4v) is 6.46. The minimum absolute atomic E-state index is 0.0680. The van der Waals surface area contributed by atoms with Crippen molar-refractivity contribution >= 4 is 44.3 Å². The van der Waals surface area contributed by atoms with Crippen molar-refractivity contribution in [3.05, 3.63) is 88.1 Å². The van der Waals surface area contributed by atoms with Crippen LogP contribution in [-0.4, -0.2) is 36.6 Å². The smallest absolute Gasteiger partial charge is 0.353 e. The van der Waals surface area contributed by atoms with E-state index in [1.807, 2.05) is 37.3 Å². The summed E-state index contributed by atoms with van der Waals surface area (Å²) in [6.45, 7) is 5.40. The van der Waals surface area contributed by atoms with Crippen LogP contribution in [0.15, 0.2) is 72.3 Å². The van der Waals surface area contributed by atoms with E-state index in [4.69, 9.17) is 4.74 Å². The molecule has 6 rings (SSSR count). The minimum atomic E-state index is -0.470. The number of aromatic nitrogens is 4. The number of aryl methyl sites for hydroxylation is 1. The third-order valence-corrected chi connectivity index (χ3v) is 8.40. The molecule has 5 aromatic rings. The Bertz CT molecular complexity index is 1860. The van der Waals surface area contributed by atoms with E-state index in [0.717, 1.165) is 30.2 Å². The van der Waals surface area contributed by atoms with Gasteiger partial charge in [-0.25, -0.2) is 14.8 Å². The first kappa shape index (κ1) is 25.7. The molecule has 1 fully saturated rings. The number of carbonyl (C=O) groups excluding carboxylic acids is 1. The normalized spacial score (nSPS) is 17.7. The van der Waals surface area contributed by atoms with Gasteiger partial charge in [-0.3, -0.25) is 9.36 Å². The lowest BCUT2D eigenvalue weighted by Gasteiger charge is -2.13. The second-order valence-corrected chi connectivity index (χ2v) is 11.0. The number of ether oxygens (including phenoxy) is 1. The molecule has 1 aliphatic rings. The summed E-state index contributed by atoms with van der Waals surface area (Å²) in [4.78, 5) is 39.2. The number of rotatable bonds is 7. The van der Waals surface area contributed by atoms with Gasteiger partial charge in [0.2, 0.25) is 11.8 Å². The Morgan fingerprint density at radius 2 is 2.08 bits per heavy atom. The molecule has 0 saturated heterocycles. The number of aliphatic hydroxyl groups is 1. The van der Waals surface area contributed by atoms with E-state index >= 15 is 0 Å². The Kier molecular flexibility index (Phi) is 6.77. The van der Waals surface area contributed by atoms with Crippen molar-refractivity contribution in [1.29, 1.82) is 0 Å². The monoisotopic (exact) mass is 553 g/mol. The maximum atomic E-state index is 13.5. The van der Waals surface area contributed by atoms with Gasteiger partial charge in [-0.05, 0) is 61.9 Å². The Balaban J connectivity index is 1.36. The first-order valence-electron chi connectivity index (χ1n) is 13.1. The summed E-state index contributed by atoms with van der Waals surface area (Å²) >= 11 is 1.33. The molecule has 2 atom stereocenters. The van der Waals surface area contributed by atoms with Crippen molar-refractivity contribution < 1.29 is 14.6 Å². The molecule has 0 unspecified atom stereocenters. The van der Waals surface area contributed by atoms with Gasteiger partial charge in [0.05, 0.1) is 27.3 Å². The highest BCUT2D eigenvalue weighted by molar-refractivity contribution is 7.17. The molecule has 0 aliphatic heterocycles. The van der Waals surface area contributed by atoms with Crippen molar-refractivity contribution in [1.82, 2.24) is 24.8 Å². The number of nitrogens with one attached hydrogen (secondary N) is 1. The molecule has 0 radical (unpaired) electrons. The van der Waals surface area contributed by atoms with Crippen molar-refractivity contribution in [3.63, 3.8) is 0 Å². The zero-order valence-corrected chi connectivity index (χ0v) is 22.6. The van der Waals surface area contributed by atoms with Gasteiger partial charge >= 0.3 is 5.69 Å². The molecule has 1 amide bonds. The molecule has 10 heteroatoms. The maximum Gasteiger partial charge on any atom is 0.353 e. The fourth-order valence-electron chi connectivity index (χ4n) is 5.40. The van der Waals surface area contributed by atoms with Crippen LogP contribution in [0.2, 0.25) is 0 Å². The Morgan fingerprint density at radius 3 is 2.85 bits per heavy atom. The molecule has 1 saturated carbocycles.